The van der Waals surface area contributed by atoms with Gasteiger partial charge in [0.15, 0.2) is 0 Å². The van der Waals surface area contributed by atoms with Gasteiger partial charge in [-0.3, -0.25) is 60.7 Å². The van der Waals surface area contributed by atoms with Gasteiger partial charge in [0.1, 0.15) is 11.1 Å². The number of nitro groups is 6. The molecule has 4 aromatic carbocycles. The molecule has 0 heterocycles. The van der Waals surface area contributed by atoms with E-state index in [9.17, 15) is 69.1 Å². The van der Waals surface area contributed by atoms with Crippen LogP contribution < -0.4 is 0 Å². The number of benzene rings is 4. The zero-order valence-corrected chi connectivity index (χ0v) is 25.5. The van der Waals surface area contributed by atoms with Crippen LogP contribution in [0.2, 0.25) is 0 Å². The molecule has 0 N–H and O–H groups in total. The number of non-ortho nitro benzene ring substituents is 2. The zero-order chi connectivity index (χ0) is 36.4. The summed E-state index contributed by atoms with van der Waals surface area (Å²) in [5.74, 6) is -1.60. The zero-order valence-electron chi connectivity index (χ0n) is 24.7. The summed E-state index contributed by atoms with van der Waals surface area (Å²) < 4.78 is 27.9. The maximum absolute atomic E-state index is 13.9. The summed E-state index contributed by atoms with van der Waals surface area (Å²) in [6.45, 7) is 1.69. The minimum absolute atomic E-state index is 0.233. The van der Waals surface area contributed by atoms with Gasteiger partial charge in [0.05, 0.1) is 63.6 Å². The van der Waals surface area contributed by atoms with Crippen molar-refractivity contribution in [2.45, 2.75) is 35.5 Å². The maximum Gasteiger partial charge on any atom is 0.286 e. The summed E-state index contributed by atoms with van der Waals surface area (Å²) in [7, 11) is -4.47. The monoisotopic (exact) mass is 696 g/mol. The van der Waals surface area contributed by atoms with Crippen LogP contribution >= 0.6 is 0 Å². The predicted octanol–water partition coefficient (Wildman–Crippen LogP) is 5.85. The second kappa shape index (κ2) is 13.5. The Morgan fingerprint density at radius 2 is 0.918 bits per heavy atom. The van der Waals surface area contributed by atoms with Crippen LogP contribution in [-0.2, 0) is 22.7 Å². The first-order chi connectivity index (χ1) is 22.9. The van der Waals surface area contributed by atoms with Crippen molar-refractivity contribution in [3.05, 3.63) is 156 Å². The summed E-state index contributed by atoms with van der Waals surface area (Å²) in [6, 6.07) is 12.2. The molecule has 21 heteroatoms. The molecule has 0 aromatic heterocycles. The van der Waals surface area contributed by atoms with Crippen molar-refractivity contribution in [3.63, 3.8) is 0 Å². The Morgan fingerprint density at radius 1 is 0.551 bits per heavy atom. The fourth-order valence-corrected chi connectivity index (χ4v) is 6.78. The average molecular weight is 697 g/mol. The first-order valence-electron chi connectivity index (χ1n) is 13.5. The summed E-state index contributed by atoms with van der Waals surface area (Å²) in [5.41, 5.74) is -7.64. The van der Waals surface area contributed by atoms with E-state index >= 15 is 0 Å². The van der Waals surface area contributed by atoms with E-state index in [1.165, 1.54) is 42.5 Å². The van der Waals surface area contributed by atoms with Gasteiger partial charge < -0.3 is 0 Å². The molecule has 4 rings (SSSR count). The fraction of sp³-hybridized carbons (Fsp3) is 0.143. The van der Waals surface area contributed by atoms with Gasteiger partial charge in [0, 0.05) is 0 Å². The molecule has 0 spiro atoms. The number of hydrogen-bond donors (Lipinski definition) is 0. The highest BCUT2D eigenvalue weighted by Crippen LogP contribution is 2.43. The quantitative estimate of drug-likeness (QED) is 0.117. The molecule has 0 saturated carbocycles. The highest BCUT2D eigenvalue weighted by atomic mass is 32.2. The summed E-state index contributed by atoms with van der Waals surface area (Å²) in [6.07, 6.45) is -1.81. The molecule has 20 nitrogen and oxygen atoms in total. The summed E-state index contributed by atoms with van der Waals surface area (Å²) in [4.78, 5) is 63.7. The second-order valence-corrected chi connectivity index (χ2v) is 12.3. The molecule has 0 atom stereocenters. The van der Waals surface area contributed by atoms with Crippen molar-refractivity contribution in [1.29, 1.82) is 0 Å². The van der Waals surface area contributed by atoms with Crippen molar-refractivity contribution in [3.8, 4) is 0 Å². The van der Waals surface area contributed by atoms with Gasteiger partial charge in [-0.15, -0.1) is 0 Å². The second-order valence-electron chi connectivity index (χ2n) is 10.4. The highest BCUT2D eigenvalue weighted by Gasteiger charge is 2.38. The molecule has 0 bridgehead atoms. The van der Waals surface area contributed by atoms with Crippen molar-refractivity contribution >= 4 is 44.0 Å². The Bertz CT molecular complexity index is 2020. The van der Waals surface area contributed by atoms with Crippen molar-refractivity contribution in [2.24, 2.45) is 0 Å². The van der Waals surface area contributed by atoms with E-state index < -0.39 is 108 Å². The third kappa shape index (κ3) is 7.15. The molecule has 0 fully saturated rings. The molecule has 0 radical (unpaired) electrons. The van der Waals surface area contributed by atoms with E-state index in [1.807, 2.05) is 0 Å². The molecular formula is C28H20N6O14S. The topological polar surface area (TPSA) is 293 Å². The SMILES string of the molecule is Cc1ccc(S(=O)(=O)c2ccccc2C(Cc2c([N+](=O)[O-])cc([N+](=O)[O-])cc2[N+](=O)[O-])Cc2c([N+](=O)[O-])cc([N+](=O)[O-])cc2[N+](=O)[O-])cc1. The average Bonchev–Trinajstić information content (AvgIpc) is 3.03. The standard InChI is InChI=1S/C28H20N6O14S/c1-16-6-8-20(9-7-16)49(47,48)28-5-3-2-4-21(28)17(10-22-24(31(39)40)12-18(29(35)36)13-25(22)32(41)42)11-23-26(33(43)44)14-19(30(37)38)15-27(23)34(45)46/h2-9,12-15,17H,10-11H2,1H3. The smallest absolute Gasteiger partial charge is 0.258 e. The lowest BCUT2D eigenvalue weighted by atomic mass is 9.84. The number of rotatable bonds is 13. The Balaban J connectivity index is 2.09. The molecule has 0 aliphatic rings. The normalized spacial score (nSPS) is 11.2. The van der Waals surface area contributed by atoms with Gasteiger partial charge in [-0.1, -0.05) is 35.9 Å². The van der Waals surface area contributed by atoms with Crippen LogP contribution in [0.5, 0.6) is 0 Å². The Kier molecular flexibility index (Phi) is 9.69. The number of nitrogens with zero attached hydrogens (tertiary/aromatic N) is 6. The summed E-state index contributed by atoms with van der Waals surface area (Å²) >= 11 is 0. The van der Waals surface area contributed by atoms with Gasteiger partial charge in [0.2, 0.25) is 9.84 Å². The lowest BCUT2D eigenvalue weighted by molar-refractivity contribution is -0.404. The third-order valence-electron chi connectivity index (χ3n) is 7.46. The van der Waals surface area contributed by atoms with E-state index in [-0.39, 0.29) is 10.5 Å². The minimum atomic E-state index is -4.47. The van der Waals surface area contributed by atoms with Crippen LogP contribution in [-0.4, -0.2) is 38.0 Å². The van der Waals surface area contributed by atoms with Crippen LogP contribution in [0.15, 0.2) is 82.6 Å². The number of aryl methyl sites for hydroxylation is 1. The number of sulfone groups is 1. The molecule has 252 valence electrons. The van der Waals surface area contributed by atoms with Crippen LogP contribution in [0.3, 0.4) is 0 Å². The van der Waals surface area contributed by atoms with Crippen LogP contribution in [0, 0.1) is 67.6 Å². The largest absolute Gasteiger partial charge is 0.286 e. The van der Waals surface area contributed by atoms with E-state index in [0.717, 1.165) is 6.07 Å². The van der Waals surface area contributed by atoms with Crippen molar-refractivity contribution in [2.75, 3.05) is 0 Å². The van der Waals surface area contributed by atoms with E-state index in [4.69, 9.17) is 0 Å². The van der Waals surface area contributed by atoms with Gasteiger partial charge in [0.25, 0.3) is 34.1 Å². The Hall–Kier alpha value is -6.77. The summed E-state index contributed by atoms with van der Waals surface area (Å²) in [5, 5.41) is 71.3. The van der Waals surface area contributed by atoms with E-state index in [1.54, 1.807) is 6.92 Å². The number of hydrogen-bond acceptors (Lipinski definition) is 14. The van der Waals surface area contributed by atoms with Gasteiger partial charge >= 0.3 is 0 Å². The van der Waals surface area contributed by atoms with Crippen molar-refractivity contribution < 1.29 is 38.0 Å². The molecule has 0 amide bonds. The van der Waals surface area contributed by atoms with Crippen LogP contribution in [0.1, 0.15) is 28.2 Å². The highest BCUT2D eigenvalue weighted by molar-refractivity contribution is 7.91. The van der Waals surface area contributed by atoms with Gasteiger partial charge in [-0.05, 0) is 49.4 Å². The predicted molar refractivity (Wildman–Crippen MR) is 166 cm³/mol. The number of nitro benzene ring substituents is 6. The molecule has 49 heavy (non-hydrogen) atoms. The van der Waals surface area contributed by atoms with Crippen molar-refractivity contribution in [1.82, 2.24) is 0 Å². The van der Waals surface area contributed by atoms with E-state index in [0.29, 0.717) is 29.8 Å². The molecule has 0 unspecified atom stereocenters. The molecule has 0 aliphatic carbocycles. The molecule has 0 aliphatic heterocycles. The Labute approximate surface area is 273 Å². The molecule has 4 aromatic rings. The molecular weight excluding hydrogens is 676 g/mol. The lowest BCUT2D eigenvalue weighted by Crippen LogP contribution is -2.16. The first kappa shape index (κ1) is 35.1. The third-order valence-corrected chi connectivity index (χ3v) is 9.31. The molecule has 0 saturated heterocycles. The fourth-order valence-electron chi connectivity index (χ4n) is 5.23. The Morgan fingerprint density at radius 3 is 1.27 bits per heavy atom. The van der Waals surface area contributed by atoms with Crippen LogP contribution in [0.4, 0.5) is 34.1 Å². The van der Waals surface area contributed by atoms with E-state index in [2.05, 4.69) is 0 Å². The van der Waals surface area contributed by atoms with Crippen LogP contribution in [0.25, 0.3) is 0 Å². The van der Waals surface area contributed by atoms with Gasteiger partial charge in [-0.2, -0.15) is 0 Å². The minimum Gasteiger partial charge on any atom is -0.258 e. The lowest BCUT2D eigenvalue weighted by Gasteiger charge is -2.21. The van der Waals surface area contributed by atoms with Gasteiger partial charge in [-0.25, -0.2) is 8.42 Å². The maximum atomic E-state index is 13.9. The first-order valence-corrected chi connectivity index (χ1v) is 15.0.